The van der Waals surface area contributed by atoms with Crippen LogP contribution in [0.25, 0.3) is 16.8 Å². The first-order valence-corrected chi connectivity index (χ1v) is 11.4. The molecule has 6 heteroatoms. The summed E-state index contributed by atoms with van der Waals surface area (Å²) in [7, 11) is 3.15. The number of ether oxygens (including phenoxy) is 3. The first-order valence-electron chi connectivity index (χ1n) is 11.4. The number of amides is 1. The fourth-order valence-corrected chi connectivity index (χ4v) is 3.80. The fourth-order valence-electron chi connectivity index (χ4n) is 3.80. The van der Waals surface area contributed by atoms with Crippen LogP contribution in [0.3, 0.4) is 0 Å². The predicted octanol–water partition coefficient (Wildman–Crippen LogP) is 5.66. The van der Waals surface area contributed by atoms with E-state index in [-0.39, 0.29) is 5.57 Å². The lowest BCUT2D eigenvalue weighted by atomic mass is 10.1. The first-order chi connectivity index (χ1) is 17.6. The largest absolute Gasteiger partial charge is 0.497 e. The minimum Gasteiger partial charge on any atom is -0.497 e. The number of carbonyl (C=O) groups is 1. The van der Waals surface area contributed by atoms with Crippen LogP contribution in [0.4, 0.5) is 0 Å². The Morgan fingerprint density at radius 2 is 1.69 bits per heavy atom. The molecule has 0 saturated carbocycles. The first kappa shape index (κ1) is 24.4. The van der Waals surface area contributed by atoms with Crippen LogP contribution in [0.15, 0.2) is 90.5 Å². The molecule has 0 bridgehead atoms. The van der Waals surface area contributed by atoms with Gasteiger partial charge in [0.2, 0.25) is 0 Å². The van der Waals surface area contributed by atoms with E-state index in [0.717, 1.165) is 27.6 Å². The maximum Gasteiger partial charge on any atom is 0.262 e. The van der Waals surface area contributed by atoms with Gasteiger partial charge in [-0.25, -0.2) is 0 Å². The fraction of sp³-hybridized carbons (Fsp3) is 0.133. The molecule has 0 saturated heterocycles. The molecule has 0 aliphatic rings. The number of hydrogen-bond acceptors (Lipinski definition) is 5. The second kappa shape index (κ2) is 11.6. The van der Waals surface area contributed by atoms with Gasteiger partial charge in [0.05, 0.1) is 14.2 Å². The molecule has 0 heterocycles. The molecule has 4 aromatic rings. The molecule has 0 radical (unpaired) electrons. The summed E-state index contributed by atoms with van der Waals surface area (Å²) in [6.07, 6.45) is 1.53. The minimum absolute atomic E-state index is 0.00464. The monoisotopic (exact) mass is 478 g/mol. The Morgan fingerprint density at radius 3 is 2.44 bits per heavy atom. The zero-order valence-electron chi connectivity index (χ0n) is 20.2. The number of nitriles is 1. The molecule has 0 aliphatic heterocycles. The molecule has 0 atom stereocenters. The van der Waals surface area contributed by atoms with E-state index in [1.54, 1.807) is 32.4 Å². The molecule has 0 aromatic heterocycles. The zero-order chi connectivity index (χ0) is 25.3. The summed E-state index contributed by atoms with van der Waals surface area (Å²) in [6, 6.07) is 28.9. The number of nitrogens with zero attached hydrogens (tertiary/aromatic N) is 1. The van der Waals surface area contributed by atoms with Crippen molar-refractivity contribution in [2.24, 2.45) is 0 Å². The van der Waals surface area contributed by atoms with Crippen LogP contribution >= 0.6 is 0 Å². The van der Waals surface area contributed by atoms with E-state index >= 15 is 0 Å². The SMILES string of the molecule is COc1ccc(CNC(=O)/C(C#N)=C\c2ccc(OCc3cccc4ccccc34)c(OC)c2)cc1. The number of carbonyl (C=O) groups excluding carboxylic acids is 1. The van der Waals surface area contributed by atoms with Gasteiger partial charge in [-0.2, -0.15) is 5.26 Å². The molecule has 0 aliphatic carbocycles. The Hall–Kier alpha value is -4.76. The summed E-state index contributed by atoms with van der Waals surface area (Å²) in [5.74, 6) is 1.37. The van der Waals surface area contributed by atoms with Crippen LogP contribution in [-0.4, -0.2) is 20.1 Å². The lowest BCUT2D eigenvalue weighted by molar-refractivity contribution is -0.117. The van der Waals surface area contributed by atoms with Crippen LogP contribution in [0.2, 0.25) is 0 Å². The summed E-state index contributed by atoms with van der Waals surface area (Å²) >= 11 is 0. The molecule has 0 fully saturated rings. The van der Waals surface area contributed by atoms with Crippen LogP contribution in [0.5, 0.6) is 17.2 Å². The maximum absolute atomic E-state index is 12.6. The third-order valence-electron chi connectivity index (χ3n) is 5.74. The molecule has 1 amide bonds. The highest BCUT2D eigenvalue weighted by atomic mass is 16.5. The molecule has 6 nitrogen and oxygen atoms in total. The number of nitrogens with one attached hydrogen (secondary N) is 1. The van der Waals surface area contributed by atoms with E-state index in [1.807, 2.05) is 54.6 Å². The van der Waals surface area contributed by atoms with Crippen LogP contribution < -0.4 is 19.5 Å². The van der Waals surface area contributed by atoms with Gasteiger partial charge < -0.3 is 19.5 Å². The predicted molar refractivity (Wildman–Crippen MR) is 140 cm³/mol. The smallest absolute Gasteiger partial charge is 0.262 e. The number of methoxy groups -OCH3 is 2. The summed E-state index contributed by atoms with van der Waals surface area (Å²) in [6.45, 7) is 0.677. The second-order valence-electron chi connectivity index (χ2n) is 8.04. The third-order valence-corrected chi connectivity index (χ3v) is 5.74. The van der Waals surface area contributed by atoms with Crippen molar-refractivity contribution >= 4 is 22.8 Å². The van der Waals surface area contributed by atoms with E-state index in [0.29, 0.717) is 30.2 Å². The average molecular weight is 479 g/mol. The van der Waals surface area contributed by atoms with E-state index in [4.69, 9.17) is 14.2 Å². The number of fused-ring (bicyclic) bond motifs is 1. The maximum atomic E-state index is 12.6. The topological polar surface area (TPSA) is 80.6 Å². The van der Waals surface area contributed by atoms with Gasteiger partial charge in [-0.15, -0.1) is 0 Å². The Bertz CT molecular complexity index is 1430. The lowest BCUT2D eigenvalue weighted by Gasteiger charge is -2.13. The standard InChI is InChI=1S/C30H26N2O4/c1-34-26-13-10-21(11-14-26)19-32-30(33)25(18-31)16-22-12-15-28(29(17-22)35-2)36-20-24-8-5-7-23-6-3-4-9-27(23)24/h3-17H,19-20H2,1-2H3,(H,32,33)/b25-16-. The highest BCUT2D eigenvalue weighted by Crippen LogP contribution is 2.30. The lowest BCUT2D eigenvalue weighted by Crippen LogP contribution is -2.23. The van der Waals surface area contributed by atoms with Gasteiger partial charge in [0.15, 0.2) is 11.5 Å². The summed E-state index contributed by atoms with van der Waals surface area (Å²) < 4.78 is 16.7. The summed E-state index contributed by atoms with van der Waals surface area (Å²) in [4.78, 5) is 12.6. The van der Waals surface area contributed by atoms with Crippen molar-refractivity contribution in [3.63, 3.8) is 0 Å². The molecule has 1 N–H and O–H groups in total. The Labute approximate surface area is 210 Å². The average Bonchev–Trinajstić information content (AvgIpc) is 2.93. The number of rotatable bonds is 9. The molecule has 180 valence electrons. The van der Waals surface area contributed by atoms with Gasteiger partial charge in [-0.05, 0) is 57.8 Å². The van der Waals surface area contributed by atoms with Crippen LogP contribution in [0.1, 0.15) is 16.7 Å². The number of hydrogen-bond donors (Lipinski definition) is 1. The second-order valence-corrected chi connectivity index (χ2v) is 8.04. The van der Waals surface area contributed by atoms with E-state index in [9.17, 15) is 10.1 Å². The normalized spacial score (nSPS) is 11.0. The van der Waals surface area contributed by atoms with Gasteiger partial charge in [-0.1, -0.05) is 60.7 Å². The molecular weight excluding hydrogens is 452 g/mol. The third kappa shape index (κ3) is 5.83. The van der Waals surface area contributed by atoms with Crippen molar-refractivity contribution in [1.82, 2.24) is 5.32 Å². The molecular formula is C30H26N2O4. The van der Waals surface area contributed by atoms with Gasteiger partial charge in [-0.3, -0.25) is 4.79 Å². The highest BCUT2D eigenvalue weighted by Gasteiger charge is 2.11. The van der Waals surface area contributed by atoms with Crippen molar-refractivity contribution < 1.29 is 19.0 Å². The van der Waals surface area contributed by atoms with Crippen molar-refractivity contribution in [3.05, 3.63) is 107 Å². The number of benzene rings is 4. The highest BCUT2D eigenvalue weighted by molar-refractivity contribution is 6.01. The molecule has 36 heavy (non-hydrogen) atoms. The Kier molecular flexibility index (Phi) is 7.84. The molecule has 4 rings (SSSR count). The van der Waals surface area contributed by atoms with Crippen LogP contribution in [-0.2, 0) is 17.9 Å². The van der Waals surface area contributed by atoms with Crippen molar-refractivity contribution in [1.29, 1.82) is 5.26 Å². The van der Waals surface area contributed by atoms with Gasteiger partial charge in [0, 0.05) is 6.54 Å². The summed E-state index contributed by atoms with van der Waals surface area (Å²) in [5.41, 5.74) is 2.62. The van der Waals surface area contributed by atoms with Gasteiger partial charge in [0.1, 0.15) is 24.0 Å². The van der Waals surface area contributed by atoms with Crippen molar-refractivity contribution in [3.8, 4) is 23.3 Å². The van der Waals surface area contributed by atoms with Crippen molar-refractivity contribution in [2.75, 3.05) is 14.2 Å². The Morgan fingerprint density at radius 1 is 0.917 bits per heavy atom. The van der Waals surface area contributed by atoms with E-state index < -0.39 is 5.91 Å². The quantitative estimate of drug-likeness (QED) is 0.248. The molecule has 0 unspecified atom stereocenters. The molecule has 4 aromatic carbocycles. The van der Waals surface area contributed by atoms with E-state index in [1.165, 1.54) is 6.08 Å². The Balaban J connectivity index is 1.45. The zero-order valence-corrected chi connectivity index (χ0v) is 20.2. The van der Waals surface area contributed by atoms with E-state index in [2.05, 4.69) is 23.5 Å². The van der Waals surface area contributed by atoms with Crippen molar-refractivity contribution in [2.45, 2.75) is 13.2 Å². The molecule has 0 spiro atoms. The van der Waals surface area contributed by atoms with Gasteiger partial charge >= 0.3 is 0 Å². The van der Waals surface area contributed by atoms with Crippen LogP contribution in [0, 0.1) is 11.3 Å². The summed E-state index contributed by atoms with van der Waals surface area (Å²) in [5, 5.41) is 14.6. The minimum atomic E-state index is -0.455. The van der Waals surface area contributed by atoms with Gasteiger partial charge in [0.25, 0.3) is 5.91 Å².